The summed E-state index contributed by atoms with van der Waals surface area (Å²) in [6, 6.07) is 3.95. The molecule has 1 heterocycles. The Bertz CT molecular complexity index is 540. The van der Waals surface area contributed by atoms with E-state index >= 15 is 0 Å². The molecule has 1 fully saturated rings. The number of carboxylic acids is 1. The molecule has 0 aromatic heterocycles. The molecule has 1 unspecified atom stereocenters. The van der Waals surface area contributed by atoms with E-state index < -0.39 is 18.0 Å². The second-order valence-electron chi connectivity index (χ2n) is 4.10. The number of nitrogens with one attached hydrogen (secondary N) is 1. The van der Waals surface area contributed by atoms with Gasteiger partial charge in [0, 0.05) is 16.3 Å². The zero-order valence-electron chi connectivity index (χ0n) is 10.6. The molecule has 1 aromatic carbocycles. The smallest absolute Gasteiger partial charge is 0.327 e. The Labute approximate surface area is 128 Å². The first kappa shape index (κ1) is 15.0. The Kier molecular flexibility index (Phi) is 4.77. The van der Waals surface area contributed by atoms with Crippen molar-refractivity contribution in [3.8, 4) is 5.75 Å². The highest BCUT2D eigenvalue weighted by Gasteiger charge is 2.34. The van der Waals surface area contributed by atoms with Gasteiger partial charge in [0.1, 0.15) is 11.8 Å². The van der Waals surface area contributed by atoms with Gasteiger partial charge in [-0.2, -0.15) is 0 Å². The van der Waals surface area contributed by atoms with Crippen LogP contribution in [-0.2, 0) is 4.79 Å². The maximum Gasteiger partial charge on any atom is 0.327 e. The average molecular weight is 361 g/mol. The monoisotopic (exact) mass is 360 g/mol. The molecule has 20 heavy (non-hydrogen) atoms. The van der Waals surface area contributed by atoms with E-state index in [2.05, 4.69) is 21.2 Å². The maximum absolute atomic E-state index is 12.2. The number of aliphatic carboxylic acids is 1. The minimum atomic E-state index is -0.991. The van der Waals surface area contributed by atoms with Gasteiger partial charge in [0.05, 0.1) is 18.7 Å². The van der Waals surface area contributed by atoms with Crippen molar-refractivity contribution in [3.05, 3.63) is 22.7 Å². The van der Waals surface area contributed by atoms with Crippen molar-refractivity contribution in [2.45, 2.75) is 6.04 Å². The van der Waals surface area contributed by atoms with E-state index in [4.69, 9.17) is 9.84 Å². The summed E-state index contributed by atoms with van der Waals surface area (Å²) in [7, 11) is 1.53. The number of carbonyl (C=O) groups is 2. The van der Waals surface area contributed by atoms with Crippen LogP contribution in [0.5, 0.6) is 5.75 Å². The van der Waals surface area contributed by atoms with Crippen LogP contribution < -0.4 is 10.1 Å². The lowest BCUT2D eigenvalue weighted by atomic mass is 10.3. The fourth-order valence-electron chi connectivity index (χ4n) is 1.76. The molecule has 2 N–H and O–H groups in total. The van der Waals surface area contributed by atoms with Crippen molar-refractivity contribution in [2.75, 3.05) is 24.1 Å². The molecule has 1 aromatic rings. The highest BCUT2D eigenvalue weighted by atomic mass is 79.9. The molecule has 0 aliphatic carbocycles. The Morgan fingerprint density at radius 2 is 2.30 bits per heavy atom. The molecule has 6 nitrogen and oxygen atoms in total. The number of urea groups is 1. The zero-order chi connectivity index (χ0) is 14.7. The molecular weight excluding hydrogens is 348 g/mol. The lowest BCUT2D eigenvalue weighted by Crippen LogP contribution is -2.44. The molecule has 1 aliphatic heterocycles. The molecule has 1 saturated heterocycles. The van der Waals surface area contributed by atoms with Crippen molar-refractivity contribution >= 4 is 45.4 Å². The van der Waals surface area contributed by atoms with E-state index in [1.165, 1.54) is 23.8 Å². The topological polar surface area (TPSA) is 78.9 Å². The predicted octanol–water partition coefficient (Wildman–Crippen LogP) is 2.45. The SMILES string of the molecule is COc1ccc(Br)c(NC(=O)N2CSCC2C(=O)O)c1. The van der Waals surface area contributed by atoms with Crippen molar-refractivity contribution in [1.29, 1.82) is 0 Å². The van der Waals surface area contributed by atoms with E-state index in [-0.39, 0.29) is 0 Å². The quantitative estimate of drug-likeness (QED) is 0.865. The van der Waals surface area contributed by atoms with E-state index in [0.29, 0.717) is 27.5 Å². The highest BCUT2D eigenvalue weighted by molar-refractivity contribution is 9.10. The van der Waals surface area contributed by atoms with Crippen LogP contribution in [0.15, 0.2) is 22.7 Å². The minimum Gasteiger partial charge on any atom is -0.497 e. The maximum atomic E-state index is 12.2. The van der Waals surface area contributed by atoms with Gasteiger partial charge in [0.2, 0.25) is 0 Å². The van der Waals surface area contributed by atoms with Gasteiger partial charge < -0.3 is 20.1 Å². The van der Waals surface area contributed by atoms with Crippen molar-refractivity contribution in [1.82, 2.24) is 4.90 Å². The molecule has 108 valence electrons. The van der Waals surface area contributed by atoms with E-state index in [1.54, 1.807) is 18.2 Å². The van der Waals surface area contributed by atoms with Crippen LogP contribution in [0.1, 0.15) is 0 Å². The van der Waals surface area contributed by atoms with Crippen molar-refractivity contribution in [3.63, 3.8) is 0 Å². The third kappa shape index (κ3) is 3.18. The number of thioether (sulfide) groups is 1. The second kappa shape index (κ2) is 6.36. The van der Waals surface area contributed by atoms with E-state index in [9.17, 15) is 9.59 Å². The number of ether oxygens (including phenoxy) is 1. The minimum absolute atomic E-state index is 0.365. The van der Waals surface area contributed by atoms with Gasteiger partial charge in [-0.1, -0.05) is 0 Å². The number of benzene rings is 1. The standard InChI is InChI=1S/C12H13BrN2O4S/c1-19-7-2-3-8(13)9(4-7)14-12(18)15-6-20-5-10(15)11(16)17/h2-4,10H,5-6H2,1H3,(H,14,18)(H,16,17). The summed E-state index contributed by atoms with van der Waals surface area (Å²) in [4.78, 5) is 24.5. The van der Waals surface area contributed by atoms with E-state index in [1.807, 2.05) is 0 Å². The van der Waals surface area contributed by atoms with Gasteiger partial charge in [-0.05, 0) is 28.1 Å². The largest absolute Gasteiger partial charge is 0.497 e. The van der Waals surface area contributed by atoms with Crippen LogP contribution in [0.4, 0.5) is 10.5 Å². The van der Waals surface area contributed by atoms with Gasteiger partial charge in [0.15, 0.2) is 0 Å². The van der Waals surface area contributed by atoms with E-state index in [0.717, 1.165) is 0 Å². The van der Waals surface area contributed by atoms with Crippen LogP contribution in [-0.4, -0.2) is 46.8 Å². The summed E-state index contributed by atoms with van der Waals surface area (Å²) in [6.45, 7) is 0. The molecule has 0 bridgehead atoms. The summed E-state index contributed by atoms with van der Waals surface area (Å²) in [6.07, 6.45) is 0. The Morgan fingerprint density at radius 3 is 2.95 bits per heavy atom. The van der Waals surface area contributed by atoms with Crippen molar-refractivity contribution in [2.24, 2.45) is 0 Å². The van der Waals surface area contributed by atoms with Gasteiger partial charge in [0.25, 0.3) is 0 Å². The molecule has 0 spiro atoms. The first-order chi connectivity index (χ1) is 9.52. The first-order valence-corrected chi connectivity index (χ1v) is 7.69. The van der Waals surface area contributed by atoms with Crippen molar-refractivity contribution < 1.29 is 19.4 Å². The predicted molar refractivity (Wildman–Crippen MR) is 80.3 cm³/mol. The number of anilines is 1. The summed E-state index contributed by atoms with van der Waals surface area (Å²) in [5.41, 5.74) is 0.537. The van der Waals surface area contributed by atoms with Crippen LogP contribution in [0.2, 0.25) is 0 Å². The number of nitrogens with zero attached hydrogens (tertiary/aromatic N) is 1. The number of hydrogen-bond acceptors (Lipinski definition) is 4. The fraction of sp³-hybridized carbons (Fsp3) is 0.333. The molecule has 2 rings (SSSR count). The Morgan fingerprint density at radius 1 is 1.55 bits per heavy atom. The Balaban J connectivity index is 2.13. The van der Waals surface area contributed by atoms with Crippen LogP contribution >= 0.6 is 27.7 Å². The summed E-state index contributed by atoms with van der Waals surface area (Å²) in [5.74, 6) is 0.385. The Hall–Kier alpha value is -1.41. The summed E-state index contributed by atoms with van der Waals surface area (Å²) in [5, 5.41) is 11.8. The number of halogens is 1. The lowest BCUT2D eigenvalue weighted by molar-refractivity contribution is -0.140. The normalized spacial score (nSPS) is 17.9. The van der Waals surface area contributed by atoms with Crippen LogP contribution in [0, 0.1) is 0 Å². The third-order valence-corrected chi connectivity index (χ3v) is 4.55. The molecule has 8 heteroatoms. The zero-order valence-corrected chi connectivity index (χ0v) is 13.0. The number of methoxy groups -OCH3 is 1. The van der Waals surface area contributed by atoms with Gasteiger partial charge in [-0.3, -0.25) is 0 Å². The molecule has 1 atom stereocenters. The average Bonchev–Trinajstić information content (AvgIpc) is 2.90. The van der Waals surface area contributed by atoms with Gasteiger partial charge in [-0.15, -0.1) is 11.8 Å². The summed E-state index contributed by atoms with van der Waals surface area (Å²) >= 11 is 4.75. The molecule has 1 aliphatic rings. The number of carboxylic acid groups (broad SMARTS) is 1. The second-order valence-corrected chi connectivity index (χ2v) is 5.95. The third-order valence-electron chi connectivity index (χ3n) is 2.84. The van der Waals surface area contributed by atoms with Gasteiger partial charge >= 0.3 is 12.0 Å². The van der Waals surface area contributed by atoms with Crippen LogP contribution in [0.3, 0.4) is 0 Å². The molecule has 2 amide bonds. The van der Waals surface area contributed by atoms with Crippen LogP contribution in [0.25, 0.3) is 0 Å². The number of hydrogen-bond donors (Lipinski definition) is 2. The highest BCUT2D eigenvalue weighted by Crippen LogP contribution is 2.28. The summed E-state index contributed by atoms with van der Waals surface area (Å²) < 4.78 is 5.79. The lowest BCUT2D eigenvalue weighted by Gasteiger charge is -2.21. The molecule has 0 saturated carbocycles. The molecular formula is C12H13BrN2O4S. The first-order valence-electron chi connectivity index (χ1n) is 5.74. The number of rotatable bonds is 3. The number of carbonyl (C=O) groups excluding carboxylic acids is 1. The fourth-order valence-corrected chi connectivity index (χ4v) is 3.25. The number of amides is 2. The molecule has 0 radical (unpaired) electrons. The van der Waals surface area contributed by atoms with Gasteiger partial charge in [-0.25, -0.2) is 9.59 Å².